The van der Waals surface area contributed by atoms with Crippen molar-refractivity contribution in [1.29, 1.82) is 0 Å². The van der Waals surface area contributed by atoms with Crippen molar-refractivity contribution in [2.45, 2.75) is 53.4 Å². The standard InChI is InChI=1S/C60H56N2/c1-6-46-26-40-60(51(7-2)43-46)62(56-34-24-50(25-35-56)21-19-48-16-12-9-13-17-48)58-38-29-53(30-39-58)52-27-36-57(37-28-52)61(59-41-31-54(44(3)4)42-45(59)5)55-32-22-49(23-33-55)20-18-47-14-10-8-11-15-47/h8-44H,6-7H2,1-5H3/b20-18+,21-19+. The highest BCUT2D eigenvalue weighted by molar-refractivity contribution is 5.83. The highest BCUT2D eigenvalue weighted by atomic mass is 15.1. The van der Waals surface area contributed by atoms with Gasteiger partial charge >= 0.3 is 0 Å². The Hall–Kier alpha value is -7.16. The first-order valence-corrected chi connectivity index (χ1v) is 22.1. The molecule has 8 aromatic rings. The average molecular weight is 805 g/mol. The second-order valence-corrected chi connectivity index (χ2v) is 16.3. The second kappa shape index (κ2) is 19.5. The van der Waals surface area contributed by atoms with Crippen LogP contribution in [0, 0.1) is 6.92 Å². The Morgan fingerprint density at radius 1 is 0.403 bits per heavy atom. The van der Waals surface area contributed by atoms with Crippen LogP contribution in [0.15, 0.2) is 194 Å². The van der Waals surface area contributed by atoms with Crippen LogP contribution < -0.4 is 9.80 Å². The second-order valence-electron chi connectivity index (χ2n) is 16.3. The fourth-order valence-corrected chi connectivity index (χ4v) is 8.09. The highest BCUT2D eigenvalue weighted by Crippen LogP contribution is 2.41. The molecule has 0 spiro atoms. The molecule has 0 heterocycles. The van der Waals surface area contributed by atoms with Crippen LogP contribution in [0.25, 0.3) is 35.4 Å². The summed E-state index contributed by atoms with van der Waals surface area (Å²) in [5, 5.41) is 0. The summed E-state index contributed by atoms with van der Waals surface area (Å²) >= 11 is 0. The molecule has 0 aliphatic rings. The summed E-state index contributed by atoms with van der Waals surface area (Å²) in [7, 11) is 0. The molecule has 0 unspecified atom stereocenters. The minimum atomic E-state index is 0.466. The SMILES string of the molecule is CCc1ccc(N(c2ccc(/C=C/c3ccccc3)cc2)c2ccc(-c3ccc(N(c4ccc(/C=C/c5ccccc5)cc4)c4ccc(C(C)C)cc4C)cc3)cc2)c(CC)c1. The molecule has 0 aliphatic carbocycles. The zero-order chi connectivity index (χ0) is 42.8. The first-order valence-electron chi connectivity index (χ1n) is 22.1. The molecule has 8 aromatic carbocycles. The van der Waals surface area contributed by atoms with Crippen LogP contribution in [0.5, 0.6) is 0 Å². The van der Waals surface area contributed by atoms with E-state index in [9.17, 15) is 0 Å². The Bertz CT molecular complexity index is 2740. The van der Waals surface area contributed by atoms with Gasteiger partial charge in [0.1, 0.15) is 0 Å². The van der Waals surface area contributed by atoms with Crippen LogP contribution in [0.1, 0.15) is 78.1 Å². The van der Waals surface area contributed by atoms with Gasteiger partial charge in [-0.1, -0.05) is 185 Å². The van der Waals surface area contributed by atoms with E-state index >= 15 is 0 Å². The van der Waals surface area contributed by atoms with Crippen molar-refractivity contribution in [1.82, 2.24) is 0 Å². The summed E-state index contributed by atoms with van der Waals surface area (Å²) in [5.74, 6) is 0.466. The van der Waals surface area contributed by atoms with E-state index in [1.54, 1.807) is 0 Å². The van der Waals surface area contributed by atoms with Crippen LogP contribution in [-0.2, 0) is 12.8 Å². The van der Waals surface area contributed by atoms with Gasteiger partial charge in [-0.25, -0.2) is 0 Å². The largest absolute Gasteiger partial charge is 0.310 e. The Labute approximate surface area is 369 Å². The topological polar surface area (TPSA) is 6.48 Å². The number of nitrogens with zero attached hydrogens (tertiary/aromatic N) is 2. The first kappa shape index (κ1) is 41.6. The summed E-state index contributed by atoms with van der Waals surface area (Å²) in [6.45, 7) is 11.2. The van der Waals surface area contributed by atoms with Gasteiger partial charge in [0.25, 0.3) is 0 Å². The zero-order valence-electron chi connectivity index (χ0n) is 36.7. The molecule has 0 radical (unpaired) electrons. The molecule has 2 nitrogen and oxygen atoms in total. The molecule has 0 N–H and O–H groups in total. The fourth-order valence-electron chi connectivity index (χ4n) is 8.09. The molecular weight excluding hydrogens is 749 g/mol. The fraction of sp³-hybridized carbons (Fsp3) is 0.133. The van der Waals surface area contributed by atoms with Gasteiger partial charge in [-0.2, -0.15) is 0 Å². The summed E-state index contributed by atoms with van der Waals surface area (Å²) in [4.78, 5) is 4.79. The summed E-state index contributed by atoms with van der Waals surface area (Å²) in [5.41, 5.74) is 19.3. The molecule has 0 fully saturated rings. The number of hydrogen-bond acceptors (Lipinski definition) is 2. The molecule has 62 heavy (non-hydrogen) atoms. The van der Waals surface area contributed by atoms with Crippen LogP contribution in [0.2, 0.25) is 0 Å². The van der Waals surface area contributed by atoms with E-state index in [0.717, 1.165) is 35.6 Å². The Morgan fingerprint density at radius 2 is 0.806 bits per heavy atom. The molecule has 2 heteroatoms. The number of hydrogen-bond donors (Lipinski definition) is 0. The smallest absolute Gasteiger partial charge is 0.0493 e. The number of rotatable bonds is 14. The van der Waals surface area contributed by atoms with Gasteiger partial charge in [0.15, 0.2) is 0 Å². The van der Waals surface area contributed by atoms with E-state index < -0.39 is 0 Å². The number of anilines is 6. The highest BCUT2D eigenvalue weighted by Gasteiger charge is 2.18. The van der Waals surface area contributed by atoms with Crippen molar-refractivity contribution < 1.29 is 0 Å². The van der Waals surface area contributed by atoms with Crippen molar-refractivity contribution in [2.24, 2.45) is 0 Å². The molecule has 0 aliphatic heterocycles. The molecule has 0 saturated carbocycles. The lowest BCUT2D eigenvalue weighted by molar-refractivity contribution is 0.865. The lowest BCUT2D eigenvalue weighted by Crippen LogP contribution is -2.12. The Kier molecular flexibility index (Phi) is 13.1. The average Bonchev–Trinajstić information content (AvgIpc) is 3.33. The molecule has 0 amide bonds. The summed E-state index contributed by atoms with van der Waals surface area (Å²) in [6.07, 6.45) is 10.7. The molecule has 0 atom stereocenters. The van der Waals surface area contributed by atoms with Gasteiger partial charge in [-0.05, 0) is 142 Å². The van der Waals surface area contributed by atoms with E-state index in [1.165, 1.54) is 67.0 Å². The minimum absolute atomic E-state index is 0.466. The molecule has 8 rings (SSSR count). The predicted molar refractivity (Wildman–Crippen MR) is 270 cm³/mol. The van der Waals surface area contributed by atoms with Crippen molar-refractivity contribution >= 4 is 58.4 Å². The zero-order valence-corrected chi connectivity index (χ0v) is 36.7. The third-order valence-corrected chi connectivity index (χ3v) is 11.7. The van der Waals surface area contributed by atoms with Gasteiger partial charge in [0.2, 0.25) is 0 Å². The third-order valence-electron chi connectivity index (χ3n) is 11.7. The van der Waals surface area contributed by atoms with Crippen molar-refractivity contribution in [3.63, 3.8) is 0 Å². The molecule has 306 valence electrons. The lowest BCUT2D eigenvalue weighted by atomic mass is 9.99. The summed E-state index contributed by atoms with van der Waals surface area (Å²) in [6, 6.07) is 70.6. The quantitative estimate of drug-likeness (QED) is 0.101. The van der Waals surface area contributed by atoms with Gasteiger partial charge in [-0.3, -0.25) is 0 Å². The van der Waals surface area contributed by atoms with Crippen LogP contribution in [-0.4, -0.2) is 0 Å². The van der Waals surface area contributed by atoms with Gasteiger partial charge in [0, 0.05) is 34.1 Å². The van der Waals surface area contributed by atoms with Gasteiger partial charge in [0.05, 0.1) is 0 Å². The maximum atomic E-state index is 2.41. The number of aryl methyl sites for hydroxylation is 3. The Morgan fingerprint density at radius 3 is 1.21 bits per heavy atom. The minimum Gasteiger partial charge on any atom is -0.310 e. The molecule has 0 saturated heterocycles. The predicted octanol–water partition coefficient (Wildman–Crippen LogP) is 17.2. The summed E-state index contributed by atoms with van der Waals surface area (Å²) < 4.78 is 0. The van der Waals surface area contributed by atoms with E-state index in [1.807, 2.05) is 0 Å². The van der Waals surface area contributed by atoms with E-state index in [0.29, 0.717) is 5.92 Å². The molecule has 0 aromatic heterocycles. The third kappa shape index (κ3) is 9.72. The van der Waals surface area contributed by atoms with Crippen molar-refractivity contribution in [3.05, 3.63) is 239 Å². The molecule has 0 bridgehead atoms. The Balaban J connectivity index is 1.10. The monoisotopic (exact) mass is 804 g/mol. The van der Waals surface area contributed by atoms with E-state index in [-0.39, 0.29) is 0 Å². The van der Waals surface area contributed by atoms with Gasteiger partial charge in [-0.15, -0.1) is 0 Å². The van der Waals surface area contributed by atoms with Crippen LogP contribution in [0.4, 0.5) is 34.1 Å². The maximum Gasteiger partial charge on any atom is 0.0493 e. The van der Waals surface area contributed by atoms with Gasteiger partial charge < -0.3 is 9.80 Å². The number of benzene rings is 8. The lowest BCUT2D eigenvalue weighted by Gasteiger charge is -2.28. The van der Waals surface area contributed by atoms with E-state index in [2.05, 4.69) is 263 Å². The van der Waals surface area contributed by atoms with Crippen LogP contribution >= 0.6 is 0 Å². The maximum absolute atomic E-state index is 2.41. The first-order chi connectivity index (χ1) is 30.4. The molecular formula is C60H56N2. The van der Waals surface area contributed by atoms with Crippen LogP contribution in [0.3, 0.4) is 0 Å². The van der Waals surface area contributed by atoms with E-state index in [4.69, 9.17) is 0 Å². The van der Waals surface area contributed by atoms with Crippen molar-refractivity contribution in [2.75, 3.05) is 9.80 Å². The van der Waals surface area contributed by atoms with Crippen molar-refractivity contribution in [3.8, 4) is 11.1 Å². The normalized spacial score (nSPS) is 11.5.